The van der Waals surface area contributed by atoms with Crippen molar-refractivity contribution < 1.29 is 9.84 Å². The minimum atomic E-state index is -0.575. The van der Waals surface area contributed by atoms with Crippen molar-refractivity contribution in [2.24, 2.45) is 0 Å². The number of H-pyrrole nitrogens is 1. The fraction of sp³-hybridized carbons (Fsp3) is 0.556. The average Bonchev–Trinajstić information content (AvgIpc) is 2.46. The molecule has 6 nitrogen and oxygen atoms in total. The fourth-order valence-electron chi connectivity index (χ4n) is 1.63. The van der Waals surface area contributed by atoms with E-state index in [1.165, 1.54) is 16.8 Å². The molecule has 1 saturated heterocycles. The van der Waals surface area contributed by atoms with Crippen molar-refractivity contribution in [1.82, 2.24) is 9.55 Å². The number of aliphatic hydroxyl groups excluding tert-OH is 1. The van der Waals surface area contributed by atoms with Gasteiger partial charge in [0.25, 0.3) is 5.56 Å². The molecule has 1 aliphatic heterocycles. The van der Waals surface area contributed by atoms with Crippen molar-refractivity contribution in [2.75, 3.05) is 0 Å². The van der Waals surface area contributed by atoms with Crippen molar-refractivity contribution in [2.45, 2.75) is 31.8 Å². The zero-order chi connectivity index (χ0) is 11.0. The van der Waals surface area contributed by atoms with Gasteiger partial charge in [-0.1, -0.05) is 0 Å². The molecule has 3 atom stereocenters. The quantitative estimate of drug-likeness (QED) is 0.638. The van der Waals surface area contributed by atoms with Gasteiger partial charge in [-0.3, -0.25) is 14.3 Å². The van der Waals surface area contributed by atoms with Crippen LogP contribution >= 0.6 is 0 Å². The number of ether oxygens (including phenoxy) is 1. The van der Waals surface area contributed by atoms with Gasteiger partial charge in [-0.15, -0.1) is 0 Å². The Bertz CT molecular complexity index is 454. The molecule has 0 radical (unpaired) electrons. The van der Waals surface area contributed by atoms with Gasteiger partial charge < -0.3 is 9.84 Å². The van der Waals surface area contributed by atoms with Crippen LogP contribution in [0.25, 0.3) is 0 Å². The van der Waals surface area contributed by atoms with Gasteiger partial charge in [0.05, 0.1) is 12.2 Å². The molecule has 2 rings (SSSR count). The zero-order valence-corrected chi connectivity index (χ0v) is 8.21. The van der Waals surface area contributed by atoms with Crippen molar-refractivity contribution in [1.29, 1.82) is 0 Å². The third-order valence-electron chi connectivity index (χ3n) is 2.52. The highest BCUT2D eigenvalue weighted by Crippen LogP contribution is 2.26. The van der Waals surface area contributed by atoms with Crippen LogP contribution in [0.3, 0.4) is 0 Å². The Morgan fingerprint density at radius 3 is 2.87 bits per heavy atom. The second kappa shape index (κ2) is 3.63. The maximum atomic E-state index is 11.4. The lowest BCUT2D eigenvalue weighted by Crippen LogP contribution is -2.31. The smallest absolute Gasteiger partial charge is 0.330 e. The van der Waals surface area contributed by atoms with Crippen LogP contribution in [0.1, 0.15) is 19.6 Å². The van der Waals surface area contributed by atoms with Crippen LogP contribution in [0.5, 0.6) is 0 Å². The maximum Gasteiger partial charge on any atom is 0.330 e. The first-order chi connectivity index (χ1) is 7.08. The number of nitrogens with zero attached hydrogens (tertiary/aromatic N) is 1. The van der Waals surface area contributed by atoms with E-state index >= 15 is 0 Å². The summed E-state index contributed by atoms with van der Waals surface area (Å²) in [5.41, 5.74) is -0.961. The Morgan fingerprint density at radius 2 is 2.33 bits per heavy atom. The summed E-state index contributed by atoms with van der Waals surface area (Å²) in [7, 11) is 0. The lowest BCUT2D eigenvalue weighted by Gasteiger charge is -2.12. The summed E-state index contributed by atoms with van der Waals surface area (Å²) in [5.74, 6) is 0. The first kappa shape index (κ1) is 10.1. The summed E-state index contributed by atoms with van der Waals surface area (Å²) in [4.78, 5) is 24.3. The van der Waals surface area contributed by atoms with Crippen LogP contribution < -0.4 is 11.2 Å². The van der Waals surface area contributed by atoms with Crippen molar-refractivity contribution in [3.05, 3.63) is 33.1 Å². The van der Waals surface area contributed by atoms with E-state index in [-0.39, 0.29) is 6.10 Å². The van der Waals surface area contributed by atoms with E-state index in [2.05, 4.69) is 4.98 Å². The minimum absolute atomic E-state index is 0.297. The minimum Gasteiger partial charge on any atom is -0.390 e. The summed E-state index contributed by atoms with van der Waals surface area (Å²) >= 11 is 0. The fourth-order valence-corrected chi connectivity index (χ4v) is 1.63. The molecule has 0 bridgehead atoms. The highest BCUT2D eigenvalue weighted by atomic mass is 16.5. The van der Waals surface area contributed by atoms with Gasteiger partial charge in [-0.25, -0.2) is 4.79 Å². The number of hydrogen-bond acceptors (Lipinski definition) is 4. The predicted octanol–water partition coefficient (Wildman–Crippen LogP) is -0.795. The lowest BCUT2D eigenvalue weighted by molar-refractivity contribution is -0.0101. The van der Waals surface area contributed by atoms with Gasteiger partial charge in [-0.2, -0.15) is 0 Å². The first-order valence-corrected chi connectivity index (χ1v) is 4.73. The molecule has 6 heteroatoms. The Balaban J connectivity index is 2.32. The van der Waals surface area contributed by atoms with Gasteiger partial charge in [0.2, 0.25) is 0 Å². The topological polar surface area (TPSA) is 84.3 Å². The average molecular weight is 212 g/mol. The molecule has 2 N–H and O–H groups in total. The number of aromatic amines is 1. The van der Waals surface area contributed by atoms with Crippen molar-refractivity contribution >= 4 is 0 Å². The van der Waals surface area contributed by atoms with Gasteiger partial charge in [0, 0.05) is 18.7 Å². The van der Waals surface area contributed by atoms with Gasteiger partial charge >= 0.3 is 5.69 Å². The standard InChI is InChI=1S/C9H12N2O4/c1-5-6(12)4-8(15-5)11-3-2-7(13)10-9(11)14/h2-3,5-6,8,12H,4H2,1H3,(H,10,13,14). The van der Waals surface area contributed by atoms with E-state index < -0.39 is 23.6 Å². The second-order valence-corrected chi connectivity index (χ2v) is 3.62. The summed E-state index contributed by atoms with van der Waals surface area (Å²) in [6, 6.07) is 1.25. The largest absolute Gasteiger partial charge is 0.390 e. The summed E-state index contributed by atoms with van der Waals surface area (Å²) in [6.45, 7) is 1.74. The molecule has 0 spiro atoms. The van der Waals surface area contributed by atoms with Crippen LogP contribution in [0, 0.1) is 0 Å². The monoisotopic (exact) mass is 212 g/mol. The van der Waals surface area contributed by atoms with Crippen molar-refractivity contribution in [3.8, 4) is 0 Å². The number of aliphatic hydroxyl groups is 1. The summed E-state index contributed by atoms with van der Waals surface area (Å²) in [5, 5.41) is 9.46. The molecule has 15 heavy (non-hydrogen) atoms. The number of hydrogen-bond donors (Lipinski definition) is 2. The molecule has 2 heterocycles. The number of aromatic nitrogens is 2. The van der Waals surface area contributed by atoms with Crippen LogP contribution in [0.15, 0.2) is 21.9 Å². The Kier molecular flexibility index (Phi) is 2.45. The van der Waals surface area contributed by atoms with Gasteiger partial charge in [0.1, 0.15) is 6.23 Å². The zero-order valence-electron chi connectivity index (χ0n) is 8.21. The second-order valence-electron chi connectivity index (χ2n) is 3.62. The van der Waals surface area contributed by atoms with Crippen LogP contribution in [0.4, 0.5) is 0 Å². The molecular weight excluding hydrogens is 200 g/mol. The number of nitrogens with one attached hydrogen (secondary N) is 1. The maximum absolute atomic E-state index is 11.4. The first-order valence-electron chi connectivity index (χ1n) is 4.73. The summed E-state index contributed by atoms with van der Waals surface area (Å²) in [6.07, 6.45) is 0.353. The third kappa shape index (κ3) is 1.86. The molecule has 0 aromatic carbocycles. The molecule has 1 aromatic heterocycles. The highest BCUT2D eigenvalue weighted by molar-refractivity contribution is 4.87. The SMILES string of the molecule is CC1OC(n2ccc(=O)[nH]c2=O)CC1O. The molecular formula is C9H12N2O4. The Labute approximate surface area is 85.1 Å². The Morgan fingerprint density at radius 1 is 1.60 bits per heavy atom. The van der Waals surface area contributed by atoms with E-state index in [9.17, 15) is 14.7 Å². The van der Waals surface area contributed by atoms with E-state index in [1.54, 1.807) is 6.92 Å². The molecule has 0 aliphatic carbocycles. The summed E-state index contributed by atoms with van der Waals surface area (Å²) < 4.78 is 6.64. The molecule has 0 amide bonds. The van der Waals surface area contributed by atoms with E-state index in [4.69, 9.17) is 4.74 Å². The predicted molar refractivity (Wildman–Crippen MR) is 51.5 cm³/mol. The van der Waals surface area contributed by atoms with Gasteiger partial charge in [0.15, 0.2) is 0 Å². The van der Waals surface area contributed by atoms with Crippen molar-refractivity contribution in [3.63, 3.8) is 0 Å². The van der Waals surface area contributed by atoms with E-state index in [0.29, 0.717) is 6.42 Å². The van der Waals surface area contributed by atoms with Gasteiger partial charge in [-0.05, 0) is 6.92 Å². The Hall–Kier alpha value is -1.40. The van der Waals surface area contributed by atoms with Crippen LogP contribution in [0.2, 0.25) is 0 Å². The molecule has 1 aliphatic rings. The molecule has 3 unspecified atom stereocenters. The lowest BCUT2D eigenvalue weighted by atomic mass is 10.2. The molecule has 1 aromatic rings. The third-order valence-corrected chi connectivity index (χ3v) is 2.52. The molecule has 82 valence electrons. The molecule has 1 fully saturated rings. The molecule has 0 saturated carbocycles. The van der Waals surface area contributed by atoms with Crippen LogP contribution in [-0.4, -0.2) is 26.9 Å². The van der Waals surface area contributed by atoms with E-state index in [0.717, 1.165) is 0 Å². The highest BCUT2D eigenvalue weighted by Gasteiger charge is 2.32. The van der Waals surface area contributed by atoms with Crippen LogP contribution in [-0.2, 0) is 4.74 Å². The normalized spacial score (nSPS) is 30.7. The van der Waals surface area contributed by atoms with E-state index in [1.807, 2.05) is 0 Å². The number of rotatable bonds is 1.